The molecule has 0 saturated carbocycles. The first-order valence-electron chi connectivity index (χ1n) is 6.10. The molecule has 1 aliphatic heterocycles. The van der Waals surface area contributed by atoms with Gasteiger partial charge in [-0.3, -0.25) is 9.48 Å². The van der Waals surface area contributed by atoms with E-state index in [2.05, 4.69) is 21.0 Å². The summed E-state index contributed by atoms with van der Waals surface area (Å²) in [4.78, 5) is 12.7. The van der Waals surface area contributed by atoms with Gasteiger partial charge in [0.05, 0.1) is 16.2 Å². The molecule has 18 heavy (non-hydrogen) atoms. The molecule has 100 valence electrons. The van der Waals surface area contributed by atoms with E-state index in [1.54, 1.807) is 10.9 Å². The van der Waals surface area contributed by atoms with E-state index >= 15 is 0 Å². The second-order valence-electron chi connectivity index (χ2n) is 4.98. The normalized spacial score (nSPS) is 19.2. The van der Waals surface area contributed by atoms with Crippen molar-refractivity contribution >= 4 is 21.7 Å². The Balaban J connectivity index is 2.36. The molecule has 0 spiro atoms. The number of halogens is 1. The summed E-state index contributed by atoms with van der Waals surface area (Å²) in [5, 5.41) is 4.22. The van der Waals surface area contributed by atoms with Gasteiger partial charge in [-0.15, -0.1) is 0 Å². The van der Waals surface area contributed by atoms with Crippen LogP contribution in [0.15, 0.2) is 10.7 Å². The van der Waals surface area contributed by atoms with Crippen LogP contribution in [0.25, 0.3) is 0 Å². The number of carbonyl (C=O) groups is 1. The molecule has 6 heteroatoms. The van der Waals surface area contributed by atoms with Gasteiger partial charge < -0.3 is 10.5 Å². The second-order valence-corrected chi connectivity index (χ2v) is 5.83. The highest BCUT2D eigenvalue weighted by atomic mass is 79.9. The summed E-state index contributed by atoms with van der Waals surface area (Å²) in [6.45, 7) is 5.05. The van der Waals surface area contributed by atoms with Crippen LogP contribution < -0.4 is 5.73 Å². The van der Waals surface area contributed by atoms with E-state index in [4.69, 9.17) is 10.5 Å². The van der Waals surface area contributed by atoms with Gasteiger partial charge in [0, 0.05) is 19.3 Å². The largest absolute Gasteiger partial charge is 0.381 e. The molecule has 0 aromatic carbocycles. The predicted molar refractivity (Wildman–Crippen MR) is 71.6 cm³/mol. The van der Waals surface area contributed by atoms with Gasteiger partial charge in [-0.2, -0.15) is 5.10 Å². The highest BCUT2D eigenvalue weighted by molar-refractivity contribution is 9.10. The van der Waals surface area contributed by atoms with Crippen LogP contribution in [-0.4, -0.2) is 34.3 Å². The molecule has 1 aromatic rings. The smallest absolute Gasteiger partial charge is 0.201 e. The van der Waals surface area contributed by atoms with Gasteiger partial charge in [-0.05, 0) is 42.6 Å². The number of Topliss-reactive ketones (excluding diaryl/α,β-unsaturated/α-hetero) is 1. The minimum absolute atomic E-state index is 0.0520. The number of nitrogens with two attached hydrogens (primary N) is 1. The Morgan fingerprint density at radius 1 is 1.56 bits per heavy atom. The van der Waals surface area contributed by atoms with E-state index in [0.29, 0.717) is 36.2 Å². The van der Waals surface area contributed by atoms with Crippen LogP contribution in [0.3, 0.4) is 0 Å². The minimum Gasteiger partial charge on any atom is -0.381 e. The Bertz CT molecular complexity index is 450. The van der Waals surface area contributed by atoms with Gasteiger partial charge in [-0.25, -0.2) is 0 Å². The van der Waals surface area contributed by atoms with Gasteiger partial charge in [0.25, 0.3) is 0 Å². The highest BCUT2D eigenvalue weighted by Crippen LogP contribution is 2.28. The lowest BCUT2D eigenvalue weighted by atomic mass is 9.85. The van der Waals surface area contributed by atoms with Crippen molar-refractivity contribution < 1.29 is 9.53 Å². The summed E-state index contributed by atoms with van der Waals surface area (Å²) < 4.78 is 7.70. The topological polar surface area (TPSA) is 70.1 Å². The Morgan fingerprint density at radius 3 is 2.72 bits per heavy atom. The van der Waals surface area contributed by atoms with Gasteiger partial charge in [0.1, 0.15) is 5.69 Å². The minimum atomic E-state index is -0.826. The molecule has 1 fully saturated rings. The Morgan fingerprint density at radius 2 is 2.17 bits per heavy atom. The number of ketones is 1. The SMILES string of the molecule is CC(C)n1ncc(Br)c1C(=O)C1(N)CCOCC1. The fourth-order valence-corrected chi connectivity index (χ4v) is 2.60. The average Bonchev–Trinajstić information content (AvgIpc) is 2.71. The molecule has 0 aliphatic carbocycles. The van der Waals surface area contributed by atoms with Crippen LogP contribution in [0.1, 0.15) is 43.2 Å². The van der Waals surface area contributed by atoms with Gasteiger partial charge in [0.15, 0.2) is 0 Å². The van der Waals surface area contributed by atoms with E-state index in [0.717, 1.165) is 0 Å². The number of ether oxygens (including phenoxy) is 1. The molecule has 0 radical (unpaired) electrons. The second kappa shape index (κ2) is 5.11. The first kappa shape index (κ1) is 13.7. The lowest BCUT2D eigenvalue weighted by Gasteiger charge is -2.32. The summed E-state index contributed by atoms with van der Waals surface area (Å²) >= 11 is 3.39. The van der Waals surface area contributed by atoms with Crippen molar-refractivity contribution in [2.45, 2.75) is 38.3 Å². The molecule has 0 unspecified atom stereocenters. The molecule has 0 bridgehead atoms. The van der Waals surface area contributed by atoms with Crippen LogP contribution in [0.4, 0.5) is 0 Å². The van der Waals surface area contributed by atoms with Crippen molar-refractivity contribution in [3.63, 3.8) is 0 Å². The number of carbonyl (C=O) groups excluding carboxylic acids is 1. The van der Waals surface area contributed by atoms with Crippen molar-refractivity contribution in [1.82, 2.24) is 9.78 Å². The lowest BCUT2D eigenvalue weighted by molar-refractivity contribution is 0.0439. The summed E-state index contributed by atoms with van der Waals surface area (Å²) in [6, 6.07) is 0.124. The van der Waals surface area contributed by atoms with E-state index in [-0.39, 0.29) is 11.8 Å². The summed E-state index contributed by atoms with van der Waals surface area (Å²) in [5.74, 6) is -0.0520. The van der Waals surface area contributed by atoms with Crippen LogP contribution >= 0.6 is 15.9 Å². The quantitative estimate of drug-likeness (QED) is 0.865. The van der Waals surface area contributed by atoms with Crippen molar-refractivity contribution in [3.8, 4) is 0 Å². The highest BCUT2D eigenvalue weighted by Gasteiger charge is 2.39. The third-order valence-electron chi connectivity index (χ3n) is 3.29. The maximum atomic E-state index is 12.7. The van der Waals surface area contributed by atoms with Crippen LogP contribution in [0.5, 0.6) is 0 Å². The third-order valence-corrected chi connectivity index (χ3v) is 3.87. The molecule has 1 saturated heterocycles. The molecule has 5 nitrogen and oxygen atoms in total. The molecule has 2 heterocycles. The van der Waals surface area contributed by atoms with Gasteiger partial charge in [0.2, 0.25) is 5.78 Å². The molecule has 0 amide bonds. The zero-order chi connectivity index (χ0) is 13.3. The standard InChI is InChI=1S/C12H18BrN3O2/c1-8(2)16-10(9(13)7-15-16)11(17)12(14)3-5-18-6-4-12/h7-8H,3-6,14H2,1-2H3. The zero-order valence-electron chi connectivity index (χ0n) is 10.6. The Kier molecular flexibility index (Phi) is 3.89. The first-order chi connectivity index (χ1) is 8.46. The van der Waals surface area contributed by atoms with E-state index in [1.807, 2.05) is 13.8 Å². The molecule has 2 N–H and O–H groups in total. The number of hydrogen-bond acceptors (Lipinski definition) is 4. The predicted octanol–water partition coefficient (Wildman–Crippen LogP) is 1.92. The van der Waals surface area contributed by atoms with Crippen LogP contribution in [-0.2, 0) is 4.74 Å². The van der Waals surface area contributed by atoms with Crippen molar-refractivity contribution in [3.05, 3.63) is 16.4 Å². The molecular formula is C12H18BrN3O2. The number of hydrogen-bond donors (Lipinski definition) is 1. The number of nitrogens with zero attached hydrogens (tertiary/aromatic N) is 2. The maximum absolute atomic E-state index is 12.7. The van der Waals surface area contributed by atoms with E-state index in [9.17, 15) is 4.79 Å². The summed E-state index contributed by atoms with van der Waals surface area (Å²) in [7, 11) is 0. The Hall–Kier alpha value is -0.720. The third kappa shape index (κ3) is 2.37. The molecule has 1 aromatic heterocycles. The number of rotatable bonds is 3. The molecule has 1 aliphatic rings. The van der Waals surface area contributed by atoms with Crippen molar-refractivity contribution in [1.29, 1.82) is 0 Å². The molecule has 2 rings (SSSR count). The van der Waals surface area contributed by atoms with Crippen molar-refractivity contribution in [2.24, 2.45) is 5.73 Å². The average molecular weight is 316 g/mol. The molecule has 0 atom stereocenters. The number of aromatic nitrogens is 2. The Labute approximate surface area is 115 Å². The maximum Gasteiger partial charge on any atom is 0.201 e. The van der Waals surface area contributed by atoms with Crippen LogP contribution in [0.2, 0.25) is 0 Å². The summed E-state index contributed by atoms with van der Waals surface area (Å²) in [6.07, 6.45) is 2.76. The summed E-state index contributed by atoms with van der Waals surface area (Å²) in [5.41, 5.74) is 5.98. The van der Waals surface area contributed by atoms with Gasteiger partial charge >= 0.3 is 0 Å². The van der Waals surface area contributed by atoms with E-state index in [1.165, 1.54) is 0 Å². The van der Waals surface area contributed by atoms with Crippen LogP contribution in [0, 0.1) is 0 Å². The monoisotopic (exact) mass is 315 g/mol. The first-order valence-corrected chi connectivity index (χ1v) is 6.89. The van der Waals surface area contributed by atoms with Crippen molar-refractivity contribution in [2.75, 3.05) is 13.2 Å². The fourth-order valence-electron chi connectivity index (χ4n) is 2.14. The lowest BCUT2D eigenvalue weighted by Crippen LogP contribution is -2.52. The van der Waals surface area contributed by atoms with Gasteiger partial charge in [-0.1, -0.05) is 0 Å². The van der Waals surface area contributed by atoms with E-state index < -0.39 is 5.54 Å². The zero-order valence-corrected chi connectivity index (χ0v) is 12.2. The molecular weight excluding hydrogens is 298 g/mol. The fraction of sp³-hybridized carbons (Fsp3) is 0.667.